The molecule has 0 atom stereocenters. The summed E-state index contributed by atoms with van der Waals surface area (Å²) in [7, 11) is 0. The number of amides is 2. The number of carbonyl (C=O) groups is 2. The quantitative estimate of drug-likeness (QED) is 0.265. The van der Waals surface area contributed by atoms with Gasteiger partial charge in [-0.2, -0.15) is 0 Å². The number of rotatable bonds is 8. The molecule has 0 heterocycles. The summed E-state index contributed by atoms with van der Waals surface area (Å²) in [6, 6.07) is 16.6. The van der Waals surface area contributed by atoms with Crippen molar-refractivity contribution >= 4 is 46.7 Å². The first-order valence-corrected chi connectivity index (χ1v) is 10.3. The molecule has 10 heteroatoms. The van der Waals surface area contributed by atoms with Crippen LogP contribution in [0.3, 0.4) is 0 Å². The zero-order valence-electron chi connectivity index (χ0n) is 18.5. The molecule has 0 radical (unpaired) electrons. The second-order valence-electron chi connectivity index (χ2n) is 7.39. The van der Waals surface area contributed by atoms with Crippen molar-refractivity contribution < 1.29 is 19.4 Å². The van der Waals surface area contributed by atoms with E-state index in [0.29, 0.717) is 22.5 Å². The highest BCUT2D eigenvalue weighted by Gasteiger charge is 2.09. The summed E-state index contributed by atoms with van der Waals surface area (Å²) >= 11 is 0. The summed E-state index contributed by atoms with van der Waals surface area (Å²) in [5.41, 5.74) is 2.76. The standard InChI is InChI=1S/C25H20N4O6/c1-17-2-13-22(26-24(30)14-7-18-3-9-20(10-4-18)28(32)33)23(16-17)27-25(31)15-8-19-5-11-21(12-6-19)29(34)35/h2-16H,1H3,(H,26,30)(H,27,31)/b14-7+,15-8+. The van der Waals surface area contributed by atoms with Gasteiger partial charge in [0.05, 0.1) is 21.2 Å². The van der Waals surface area contributed by atoms with Gasteiger partial charge in [-0.3, -0.25) is 29.8 Å². The number of nitro groups is 2. The first-order chi connectivity index (χ1) is 16.7. The van der Waals surface area contributed by atoms with Crippen LogP contribution in [0.5, 0.6) is 0 Å². The van der Waals surface area contributed by atoms with Crippen molar-refractivity contribution in [3.8, 4) is 0 Å². The second kappa shape index (κ2) is 11.1. The topological polar surface area (TPSA) is 144 Å². The summed E-state index contributed by atoms with van der Waals surface area (Å²) < 4.78 is 0. The molecule has 10 nitrogen and oxygen atoms in total. The van der Waals surface area contributed by atoms with Crippen molar-refractivity contribution in [3.63, 3.8) is 0 Å². The van der Waals surface area contributed by atoms with Gasteiger partial charge in [-0.25, -0.2) is 0 Å². The molecule has 0 bridgehead atoms. The molecule has 0 unspecified atom stereocenters. The number of nitrogens with one attached hydrogen (secondary N) is 2. The van der Waals surface area contributed by atoms with Crippen molar-refractivity contribution in [2.45, 2.75) is 6.92 Å². The maximum atomic E-state index is 12.4. The normalized spacial score (nSPS) is 10.9. The third-order valence-corrected chi connectivity index (χ3v) is 4.75. The van der Waals surface area contributed by atoms with Crippen LogP contribution in [0.25, 0.3) is 12.2 Å². The predicted molar refractivity (Wildman–Crippen MR) is 133 cm³/mol. The molecule has 3 rings (SSSR count). The Bertz CT molecular complexity index is 1330. The first-order valence-electron chi connectivity index (χ1n) is 10.3. The van der Waals surface area contributed by atoms with E-state index in [4.69, 9.17) is 0 Å². The van der Waals surface area contributed by atoms with Crippen LogP contribution in [-0.4, -0.2) is 21.7 Å². The number of non-ortho nitro benzene ring substituents is 2. The number of benzene rings is 3. The number of hydrogen-bond donors (Lipinski definition) is 2. The average molecular weight is 472 g/mol. The highest BCUT2D eigenvalue weighted by Crippen LogP contribution is 2.24. The lowest BCUT2D eigenvalue weighted by Gasteiger charge is -2.11. The molecule has 2 N–H and O–H groups in total. The molecule has 3 aromatic carbocycles. The predicted octanol–water partition coefficient (Wildman–Crippen LogP) is 5.12. The molecule has 176 valence electrons. The Labute approximate surface area is 199 Å². The maximum absolute atomic E-state index is 12.4. The highest BCUT2D eigenvalue weighted by atomic mass is 16.6. The van der Waals surface area contributed by atoms with Gasteiger partial charge in [0.25, 0.3) is 11.4 Å². The van der Waals surface area contributed by atoms with Gasteiger partial charge in [-0.15, -0.1) is 0 Å². The van der Waals surface area contributed by atoms with E-state index < -0.39 is 21.7 Å². The SMILES string of the molecule is Cc1ccc(NC(=O)/C=C/c2ccc([N+](=O)[O-])cc2)c(NC(=O)/C=C/c2ccc([N+](=O)[O-])cc2)c1. The molecule has 0 aliphatic carbocycles. The first kappa shape index (κ1) is 24.5. The van der Waals surface area contributed by atoms with Crippen LogP contribution in [0.2, 0.25) is 0 Å². The van der Waals surface area contributed by atoms with Crippen molar-refractivity contribution in [2.24, 2.45) is 0 Å². The summed E-state index contributed by atoms with van der Waals surface area (Å²) in [5.74, 6) is -0.907. The summed E-state index contributed by atoms with van der Waals surface area (Å²) in [6.45, 7) is 1.84. The third-order valence-electron chi connectivity index (χ3n) is 4.75. The van der Waals surface area contributed by atoms with E-state index in [9.17, 15) is 29.8 Å². The van der Waals surface area contributed by atoms with E-state index in [1.807, 2.05) is 6.92 Å². The van der Waals surface area contributed by atoms with Gasteiger partial charge in [-0.05, 0) is 72.2 Å². The summed E-state index contributed by atoms with van der Waals surface area (Å²) in [4.78, 5) is 45.3. The molecular formula is C25H20N4O6. The minimum Gasteiger partial charge on any atom is -0.321 e. The molecule has 0 aromatic heterocycles. The van der Waals surface area contributed by atoms with E-state index in [1.165, 1.54) is 72.8 Å². The maximum Gasteiger partial charge on any atom is 0.269 e. The van der Waals surface area contributed by atoms with E-state index in [-0.39, 0.29) is 11.4 Å². The van der Waals surface area contributed by atoms with Gasteiger partial charge in [0.2, 0.25) is 11.8 Å². The van der Waals surface area contributed by atoms with E-state index in [2.05, 4.69) is 10.6 Å². The fourth-order valence-electron chi connectivity index (χ4n) is 2.98. The van der Waals surface area contributed by atoms with Crippen molar-refractivity contribution in [1.82, 2.24) is 0 Å². The van der Waals surface area contributed by atoms with Crippen LogP contribution >= 0.6 is 0 Å². The summed E-state index contributed by atoms with van der Waals surface area (Å²) in [6.07, 6.45) is 5.59. The Kier molecular flexibility index (Phi) is 7.81. The van der Waals surface area contributed by atoms with Gasteiger partial charge in [0, 0.05) is 36.4 Å². The van der Waals surface area contributed by atoms with Crippen LogP contribution in [0, 0.1) is 27.2 Å². The zero-order chi connectivity index (χ0) is 25.4. The monoisotopic (exact) mass is 472 g/mol. The molecule has 0 saturated carbocycles. The minimum absolute atomic E-state index is 0.0469. The number of nitrogens with zero attached hydrogens (tertiary/aromatic N) is 2. The Hall–Kier alpha value is -5.12. The fraction of sp³-hybridized carbons (Fsp3) is 0.0400. The molecule has 0 saturated heterocycles. The Morgan fingerprint density at radius 3 is 1.54 bits per heavy atom. The lowest BCUT2D eigenvalue weighted by Crippen LogP contribution is -2.13. The lowest BCUT2D eigenvalue weighted by molar-refractivity contribution is -0.385. The Morgan fingerprint density at radius 1 is 0.686 bits per heavy atom. The summed E-state index contributed by atoms with van der Waals surface area (Å²) in [5, 5.41) is 26.9. The van der Waals surface area contributed by atoms with Crippen LogP contribution < -0.4 is 10.6 Å². The number of carbonyl (C=O) groups excluding carboxylic acids is 2. The van der Waals surface area contributed by atoms with Gasteiger partial charge in [-0.1, -0.05) is 6.07 Å². The zero-order valence-corrected chi connectivity index (χ0v) is 18.5. The van der Waals surface area contributed by atoms with Crippen LogP contribution in [0.15, 0.2) is 78.9 Å². The second-order valence-corrected chi connectivity index (χ2v) is 7.39. The molecule has 0 aliphatic heterocycles. The third kappa shape index (κ3) is 7.19. The van der Waals surface area contributed by atoms with Gasteiger partial charge >= 0.3 is 0 Å². The number of nitro benzene ring substituents is 2. The van der Waals surface area contributed by atoms with Crippen LogP contribution in [0.4, 0.5) is 22.7 Å². The van der Waals surface area contributed by atoms with Crippen LogP contribution in [-0.2, 0) is 9.59 Å². The van der Waals surface area contributed by atoms with Crippen molar-refractivity contribution in [1.29, 1.82) is 0 Å². The lowest BCUT2D eigenvalue weighted by atomic mass is 10.1. The minimum atomic E-state index is -0.505. The van der Waals surface area contributed by atoms with Gasteiger partial charge < -0.3 is 10.6 Å². The number of aryl methyl sites for hydroxylation is 1. The smallest absolute Gasteiger partial charge is 0.269 e. The number of anilines is 2. The van der Waals surface area contributed by atoms with Crippen LogP contribution in [0.1, 0.15) is 16.7 Å². The molecule has 35 heavy (non-hydrogen) atoms. The van der Waals surface area contributed by atoms with Crippen molar-refractivity contribution in [3.05, 3.63) is 116 Å². The molecular weight excluding hydrogens is 452 g/mol. The molecule has 3 aromatic rings. The van der Waals surface area contributed by atoms with E-state index in [1.54, 1.807) is 18.2 Å². The number of hydrogen-bond acceptors (Lipinski definition) is 6. The highest BCUT2D eigenvalue weighted by molar-refractivity contribution is 6.08. The largest absolute Gasteiger partial charge is 0.321 e. The molecule has 0 aliphatic rings. The van der Waals surface area contributed by atoms with Gasteiger partial charge in [0.15, 0.2) is 0 Å². The molecule has 0 spiro atoms. The molecule has 2 amide bonds. The van der Waals surface area contributed by atoms with E-state index >= 15 is 0 Å². The van der Waals surface area contributed by atoms with Gasteiger partial charge in [0.1, 0.15) is 0 Å². The molecule has 0 fully saturated rings. The Balaban J connectivity index is 1.66. The van der Waals surface area contributed by atoms with Crippen molar-refractivity contribution in [2.75, 3.05) is 10.6 Å². The van der Waals surface area contributed by atoms with E-state index in [0.717, 1.165) is 5.56 Å². The fourth-order valence-corrected chi connectivity index (χ4v) is 2.98. The Morgan fingerprint density at radius 2 is 1.11 bits per heavy atom. The average Bonchev–Trinajstić information content (AvgIpc) is 2.83.